The highest BCUT2D eigenvalue weighted by Gasteiger charge is 2.13. The van der Waals surface area contributed by atoms with E-state index in [9.17, 15) is 9.59 Å². The van der Waals surface area contributed by atoms with Crippen LogP contribution in [0.1, 0.15) is 15.9 Å². The van der Waals surface area contributed by atoms with Gasteiger partial charge >= 0.3 is 0 Å². The van der Waals surface area contributed by atoms with Crippen molar-refractivity contribution in [2.24, 2.45) is 0 Å². The Balaban J connectivity index is 1.45. The highest BCUT2D eigenvalue weighted by Crippen LogP contribution is 2.21. The number of hydrazine groups is 1. The van der Waals surface area contributed by atoms with Crippen LogP contribution in [0.4, 0.5) is 0 Å². The number of aryl methyl sites for hydroxylation is 1. The maximum absolute atomic E-state index is 12.5. The molecular formula is C24H23ClN2O5. The fourth-order valence-corrected chi connectivity index (χ4v) is 2.98. The van der Waals surface area contributed by atoms with Gasteiger partial charge in [-0.3, -0.25) is 20.4 Å². The molecule has 0 aliphatic carbocycles. The highest BCUT2D eigenvalue weighted by atomic mass is 35.5. The van der Waals surface area contributed by atoms with Gasteiger partial charge in [0.1, 0.15) is 30.5 Å². The molecule has 166 valence electrons. The van der Waals surface area contributed by atoms with Crippen LogP contribution >= 0.6 is 11.6 Å². The number of nitrogens with one attached hydrogen (secondary N) is 2. The predicted octanol–water partition coefficient (Wildman–Crippen LogP) is 3.95. The zero-order chi connectivity index (χ0) is 22.8. The first kappa shape index (κ1) is 23.0. The molecule has 0 aliphatic heterocycles. The Morgan fingerprint density at radius 3 is 2.31 bits per heavy atom. The summed E-state index contributed by atoms with van der Waals surface area (Å²) in [6.45, 7) is 2.12. The van der Waals surface area contributed by atoms with Crippen molar-refractivity contribution in [1.29, 1.82) is 0 Å². The first-order valence-corrected chi connectivity index (χ1v) is 10.3. The standard InChI is InChI=1S/C24H23ClN2O5/c1-17-15-18(25)11-12-21(17)32-16-23(28)26-27-24(29)20-9-5-6-10-22(20)31-14-13-30-19-7-3-2-4-8-19/h2-12,15H,13-14,16H2,1H3,(H,26,28)(H,27,29). The molecule has 3 aromatic carbocycles. The minimum absolute atomic E-state index is 0.250. The summed E-state index contributed by atoms with van der Waals surface area (Å²) in [6, 6.07) is 21.2. The van der Waals surface area contributed by atoms with E-state index in [0.29, 0.717) is 23.1 Å². The normalized spacial score (nSPS) is 10.2. The van der Waals surface area contributed by atoms with Gasteiger partial charge in [0.05, 0.1) is 5.56 Å². The van der Waals surface area contributed by atoms with Gasteiger partial charge in [-0.05, 0) is 55.0 Å². The van der Waals surface area contributed by atoms with Gasteiger partial charge in [-0.15, -0.1) is 0 Å². The average molecular weight is 455 g/mol. The van der Waals surface area contributed by atoms with E-state index >= 15 is 0 Å². The monoisotopic (exact) mass is 454 g/mol. The lowest BCUT2D eigenvalue weighted by atomic mass is 10.2. The van der Waals surface area contributed by atoms with Crippen LogP contribution in [0, 0.1) is 6.92 Å². The van der Waals surface area contributed by atoms with E-state index in [0.717, 1.165) is 11.3 Å². The number of hydrogen-bond donors (Lipinski definition) is 2. The van der Waals surface area contributed by atoms with Gasteiger partial charge in [0, 0.05) is 5.02 Å². The van der Waals surface area contributed by atoms with Crippen molar-refractivity contribution >= 4 is 23.4 Å². The molecule has 32 heavy (non-hydrogen) atoms. The van der Waals surface area contributed by atoms with Crippen LogP contribution < -0.4 is 25.1 Å². The van der Waals surface area contributed by atoms with Crippen LogP contribution in [0.15, 0.2) is 72.8 Å². The number of ether oxygens (including phenoxy) is 3. The molecule has 2 N–H and O–H groups in total. The lowest BCUT2D eigenvalue weighted by molar-refractivity contribution is -0.123. The van der Waals surface area contributed by atoms with E-state index in [1.807, 2.05) is 37.3 Å². The number of amides is 2. The van der Waals surface area contributed by atoms with Crippen molar-refractivity contribution < 1.29 is 23.8 Å². The Labute approximate surface area is 191 Å². The molecule has 3 aromatic rings. The number of carbonyl (C=O) groups excluding carboxylic acids is 2. The number of carbonyl (C=O) groups is 2. The zero-order valence-corrected chi connectivity index (χ0v) is 18.2. The van der Waals surface area contributed by atoms with E-state index < -0.39 is 11.8 Å². The summed E-state index contributed by atoms with van der Waals surface area (Å²) >= 11 is 5.90. The summed E-state index contributed by atoms with van der Waals surface area (Å²) in [6.07, 6.45) is 0. The van der Waals surface area contributed by atoms with E-state index in [4.69, 9.17) is 25.8 Å². The van der Waals surface area contributed by atoms with Gasteiger partial charge in [-0.1, -0.05) is 41.9 Å². The Hall–Kier alpha value is -3.71. The zero-order valence-electron chi connectivity index (χ0n) is 17.5. The molecule has 0 unspecified atom stereocenters. The van der Waals surface area contributed by atoms with Crippen LogP contribution in [-0.4, -0.2) is 31.6 Å². The maximum atomic E-state index is 12.5. The van der Waals surface area contributed by atoms with E-state index in [-0.39, 0.29) is 18.8 Å². The predicted molar refractivity (Wildman–Crippen MR) is 121 cm³/mol. The van der Waals surface area contributed by atoms with Crippen LogP contribution in [0.5, 0.6) is 17.2 Å². The van der Waals surface area contributed by atoms with Crippen LogP contribution in [0.3, 0.4) is 0 Å². The number of halogens is 1. The third-order valence-corrected chi connectivity index (χ3v) is 4.53. The molecule has 0 heterocycles. The molecule has 0 saturated carbocycles. The van der Waals surface area contributed by atoms with E-state index in [1.165, 1.54) is 0 Å². The summed E-state index contributed by atoms with van der Waals surface area (Å²) in [5, 5.41) is 0.582. The van der Waals surface area contributed by atoms with Crippen LogP contribution in [-0.2, 0) is 4.79 Å². The molecule has 0 aromatic heterocycles. The van der Waals surface area contributed by atoms with Crippen molar-refractivity contribution in [2.75, 3.05) is 19.8 Å². The summed E-state index contributed by atoms with van der Waals surface area (Å²) in [7, 11) is 0. The Bertz CT molecular complexity index is 1060. The largest absolute Gasteiger partial charge is 0.490 e. The average Bonchev–Trinajstić information content (AvgIpc) is 2.80. The Kier molecular flexibility index (Phi) is 8.34. The number of hydrogen-bond acceptors (Lipinski definition) is 5. The first-order chi connectivity index (χ1) is 15.5. The van der Waals surface area contributed by atoms with Gasteiger partial charge in [0.15, 0.2) is 6.61 Å². The molecule has 8 heteroatoms. The maximum Gasteiger partial charge on any atom is 0.276 e. The van der Waals surface area contributed by atoms with Crippen LogP contribution in [0.2, 0.25) is 5.02 Å². The molecule has 2 amide bonds. The summed E-state index contributed by atoms with van der Waals surface area (Å²) in [5.41, 5.74) is 5.77. The molecule has 7 nitrogen and oxygen atoms in total. The number of rotatable bonds is 9. The topological polar surface area (TPSA) is 85.9 Å². The van der Waals surface area contributed by atoms with E-state index in [1.54, 1.807) is 42.5 Å². The summed E-state index contributed by atoms with van der Waals surface area (Å²) in [4.78, 5) is 24.5. The number of para-hydroxylation sites is 2. The lowest BCUT2D eigenvalue weighted by Gasteiger charge is -2.13. The molecule has 0 saturated heterocycles. The minimum Gasteiger partial charge on any atom is -0.490 e. The second kappa shape index (κ2) is 11.6. The lowest BCUT2D eigenvalue weighted by Crippen LogP contribution is -2.44. The Morgan fingerprint density at radius 1 is 0.812 bits per heavy atom. The van der Waals surface area contributed by atoms with Gasteiger partial charge in [0.25, 0.3) is 11.8 Å². The third kappa shape index (κ3) is 6.92. The SMILES string of the molecule is Cc1cc(Cl)ccc1OCC(=O)NNC(=O)c1ccccc1OCCOc1ccccc1. The van der Waals surface area contributed by atoms with Crippen molar-refractivity contribution in [3.8, 4) is 17.2 Å². The molecule has 3 rings (SSSR count). The summed E-state index contributed by atoms with van der Waals surface area (Å²) < 4.78 is 16.7. The van der Waals surface area contributed by atoms with Gasteiger partial charge < -0.3 is 14.2 Å². The molecule has 0 aliphatic rings. The molecular weight excluding hydrogens is 432 g/mol. The smallest absolute Gasteiger partial charge is 0.276 e. The quantitative estimate of drug-likeness (QED) is 0.378. The molecule has 0 atom stereocenters. The molecule has 0 spiro atoms. The second-order valence-corrected chi connectivity index (χ2v) is 7.14. The Morgan fingerprint density at radius 2 is 1.53 bits per heavy atom. The number of benzene rings is 3. The van der Waals surface area contributed by atoms with Crippen LogP contribution in [0.25, 0.3) is 0 Å². The summed E-state index contributed by atoms with van der Waals surface area (Å²) in [5.74, 6) is 0.625. The first-order valence-electron chi connectivity index (χ1n) is 9.91. The fourth-order valence-electron chi connectivity index (χ4n) is 2.76. The molecule has 0 bridgehead atoms. The van der Waals surface area contributed by atoms with Crippen molar-refractivity contribution in [3.63, 3.8) is 0 Å². The third-order valence-electron chi connectivity index (χ3n) is 4.30. The molecule has 0 radical (unpaired) electrons. The van der Waals surface area contributed by atoms with Crippen molar-refractivity contribution in [1.82, 2.24) is 10.9 Å². The highest BCUT2D eigenvalue weighted by molar-refractivity contribution is 6.30. The molecule has 0 fully saturated rings. The minimum atomic E-state index is -0.513. The van der Waals surface area contributed by atoms with Gasteiger partial charge in [-0.2, -0.15) is 0 Å². The van der Waals surface area contributed by atoms with E-state index in [2.05, 4.69) is 10.9 Å². The van der Waals surface area contributed by atoms with Gasteiger partial charge in [-0.25, -0.2) is 0 Å². The second-order valence-electron chi connectivity index (χ2n) is 6.71. The van der Waals surface area contributed by atoms with Gasteiger partial charge in [0.2, 0.25) is 0 Å². The van der Waals surface area contributed by atoms with Crippen molar-refractivity contribution in [2.45, 2.75) is 6.92 Å². The van der Waals surface area contributed by atoms with Crippen molar-refractivity contribution in [3.05, 3.63) is 88.9 Å². The fraction of sp³-hybridized carbons (Fsp3) is 0.167.